The van der Waals surface area contributed by atoms with Gasteiger partial charge < -0.3 is 9.47 Å². The highest BCUT2D eigenvalue weighted by atomic mass is 35.5. The summed E-state index contributed by atoms with van der Waals surface area (Å²) in [6.07, 6.45) is 0. The Labute approximate surface area is 128 Å². The van der Waals surface area contributed by atoms with Crippen LogP contribution >= 0.6 is 11.6 Å². The van der Waals surface area contributed by atoms with Crippen molar-refractivity contribution in [1.29, 1.82) is 0 Å². The van der Waals surface area contributed by atoms with Crippen LogP contribution in [0.3, 0.4) is 0 Å². The van der Waals surface area contributed by atoms with Gasteiger partial charge in [0, 0.05) is 0 Å². The van der Waals surface area contributed by atoms with Crippen LogP contribution in [0.4, 0.5) is 4.39 Å². The first kappa shape index (κ1) is 17.4. The van der Waals surface area contributed by atoms with E-state index in [1.807, 2.05) is 13.8 Å². The summed E-state index contributed by atoms with van der Waals surface area (Å²) in [4.78, 5) is 24.0. The molecule has 0 bridgehead atoms. The first-order valence-corrected chi connectivity index (χ1v) is 6.87. The quantitative estimate of drug-likeness (QED) is 0.473. The van der Waals surface area contributed by atoms with Gasteiger partial charge in [0.05, 0.1) is 11.6 Å². The monoisotopic (exact) mass is 316 g/mol. The van der Waals surface area contributed by atoms with Gasteiger partial charge in [-0.3, -0.25) is 9.59 Å². The molecule has 4 nitrogen and oxygen atoms in total. The topological polar surface area (TPSA) is 52.6 Å². The van der Waals surface area contributed by atoms with Crippen LogP contribution in [0, 0.1) is 17.2 Å². The number of hydrogen-bond acceptors (Lipinski definition) is 4. The van der Waals surface area contributed by atoms with Crippen LogP contribution < -0.4 is 4.74 Å². The molecule has 0 N–H and O–H groups in total. The summed E-state index contributed by atoms with van der Waals surface area (Å²) < 4.78 is 23.5. The van der Waals surface area contributed by atoms with Crippen molar-refractivity contribution < 1.29 is 23.5 Å². The van der Waals surface area contributed by atoms with E-state index in [0.717, 1.165) is 6.07 Å². The van der Waals surface area contributed by atoms with Gasteiger partial charge in [0.25, 0.3) is 0 Å². The molecule has 0 aliphatic heterocycles. The Morgan fingerprint density at radius 2 is 1.90 bits per heavy atom. The van der Waals surface area contributed by atoms with Crippen LogP contribution in [0.25, 0.3) is 0 Å². The maximum Gasteiger partial charge on any atom is 0.328 e. The summed E-state index contributed by atoms with van der Waals surface area (Å²) in [7, 11) is 0. The Morgan fingerprint density at radius 1 is 1.29 bits per heavy atom. The lowest BCUT2D eigenvalue weighted by Gasteiger charge is -2.21. The van der Waals surface area contributed by atoms with E-state index in [1.165, 1.54) is 26.0 Å². The molecule has 0 fully saturated rings. The molecule has 0 spiro atoms. The van der Waals surface area contributed by atoms with E-state index < -0.39 is 28.9 Å². The molecule has 0 heterocycles. The second kappa shape index (κ2) is 6.89. The first-order valence-electron chi connectivity index (χ1n) is 6.49. The molecule has 21 heavy (non-hydrogen) atoms. The van der Waals surface area contributed by atoms with Gasteiger partial charge in [0.15, 0.2) is 17.0 Å². The van der Waals surface area contributed by atoms with Crippen molar-refractivity contribution >= 4 is 23.5 Å². The van der Waals surface area contributed by atoms with Gasteiger partial charge in [-0.15, -0.1) is 0 Å². The second-order valence-corrected chi connectivity index (χ2v) is 5.96. The Balaban J connectivity index is 2.84. The molecule has 0 radical (unpaired) electrons. The van der Waals surface area contributed by atoms with Crippen LogP contribution in [-0.2, 0) is 14.3 Å². The minimum absolute atomic E-state index is 0.0466. The molecular formula is C15H18ClFO4. The summed E-state index contributed by atoms with van der Waals surface area (Å²) in [5, 5.41) is -0.0466. The van der Waals surface area contributed by atoms with E-state index >= 15 is 0 Å². The number of ether oxygens (including phenoxy) is 2. The smallest absolute Gasteiger partial charge is 0.328 e. The van der Waals surface area contributed by atoms with E-state index in [2.05, 4.69) is 0 Å². The van der Waals surface area contributed by atoms with Crippen molar-refractivity contribution in [2.45, 2.75) is 27.7 Å². The van der Waals surface area contributed by atoms with E-state index in [-0.39, 0.29) is 17.5 Å². The van der Waals surface area contributed by atoms with E-state index in [9.17, 15) is 14.0 Å². The van der Waals surface area contributed by atoms with Gasteiger partial charge in [0.1, 0.15) is 0 Å². The summed E-state index contributed by atoms with van der Waals surface area (Å²) in [5.41, 5.74) is -1.56. The molecular weight excluding hydrogens is 299 g/mol. The molecule has 0 aromatic heterocycles. The predicted molar refractivity (Wildman–Crippen MR) is 76.6 cm³/mol. The zero-order valence-electron chi connectivity index (χ0n) is 12.4. The number of para-hydroxylation sites is 1. The van der Waals surface area contributed by atoms with Gasteiger partial charge in [-0.2, -0.15) is 0 Å². The van der Waals surface area contributed by atoms with Crippen LogP contribution in [-0.4, -0.2) is 18.5 Å². The number of esters is 2. The summed E-state index contributed by atoms with van der Waals surface area (Å²) in [6, 6.07) is 3.88. The normalized spacial score (nSPS) is 11.4. The zero-order valence-corrected chi connectivity index (χ0v) is 13.2. The molecule has 6 heteroatoms. The molecule has 1 aromatic rings. The molecule has 0 aliphatic carbocycles. The maximum atomic E-state index is 13.6. The van der Waals surface area contributed by atoms with Crippen molar-refractivity contribution in [2.75, 3.05) is 6.61 Å². The Morgan fingerprint density at radius 3 is 2.43 bits per heavy atom. The second-order valence-electron chi connectivity index (χ2n) is 5.56. The zero-order chi connectivity index (χ0) is 16.2. The number of carbonyl (C=O) groups is 2. The molecule has 116 valence electrons. The Hall–Kier alpha value is -1.62. The van der Waals surface area contributed by atoms with Gasteiger partial charge in [0.2, 0.25) is 0 Å². The number of hydrogen-bond donors (Lipinski definition) is 0. The number of halogens is 2. The van der Waals surface area contributed by atoms with Crippen molar-refractivity contribution in [1.82, 2.24) is 0 Å². The van der Waals surface area contributed by atoms with Crippen LogP contribution in [0.15, 0.2) is 18.2 Å². The van der Waals surface area contributed by atoms with E-state index in [4.69, 9.17) is 21.1 Å². The van der Waals surface area contributed by atoms with Crippen LogP contribution in [0.2, 0.25) is 5.02 Å². The molecule has 1 rings (SSSR count). The summed E-state index contributed by atoms with van der Waals surface area (Å²) in [5.74, 6) is -2.69. The lowest BCUT2D eigenvalue weighted by atomic mass is 9.94. The minimum Gasteiger partial charge on any atom is -0.465 e. The highest BCUT2D eigenvalue weighted by molar-refractivity contribution is 6.32. The van der Waals surface area contributed by atoms with Crippen molar-refractivity contribution in [3.63, 3.8) is 0 Å². The van der Waals surface area contributed by atoms with Gasteiger partial charge in [-0.1, -0.05) is 31.5 Å². The van der Waals surface area contributed by atoms with Gasteiger partial charge >= 0.3 is 11.9 Å². The highest BCUT2D eigenvalue weighted by Gasteiger charge is 2.40. The Kier molecular flexibility index (Phi) is 5.72. The van der Waals surface area contributed by atoms with Crippen LogP contribution in [0.5, 0.6) is 5.75 Å². The lowest BCUT2D eigenvalue weighted by Crippen LogP contribution is -2.38. The summed E-state index contributed by atoms with van der Waals surface area (Å²) in [6.45, 7) is 6.64. The third-order valence-electron chi connectivity index (χ3n) is 2.68. The Bertz CT molecular complexity index is 520. The molecule has 0 saturated heterocycles. The third kappa shape index (κ3) is 4.43. The molecule has 0 saturated carbocycles. The average molecular weight is 317 g/mol. The lowest BCUT2D eigenvalue weighted by molar-refractivity contribution is -0.165. The van der Waals surface area contributed by atoms with Crippen LogP contribution in [0.1, 0.15) is 27.7 Å². The van der Waals surface area contributed by atoms with Crippen molar-refractivity contribution in [2.24, 2.45) is 11.3 Å². The van der Waals surface area contributed by atoms with E-state index in [0.29, 0.717) is 0 Å². The number of benzene rings is 1. The van der Waals surface area contributed by atoms with Crippen molar-refractivity contribution in [3.05, 3.63) is 29.0 Å². The maximum absolute atomic E-state index is 13.6. The fraction of sp³-hybridized carbons (Fsp3) is 0.467. The largest absolute Gasteiger partial charge is 0.465 e. The first-order chi connectivity index (χ1) is 9.66. The molecule has 0 aliphatic rings. The fourth-order valence-corrected chi connectivity index (χ4v) is 1.51. The number of carbonyl (C=O) groups excluding carboxylic acids is 2. The summed E-state index contributed by atoms with van der Waals surface area (Å²) >= 11 is 5.77. The molecule has 0 amide bonds. The fourth-order valence-electron chi connectivity index (χ4n) is 1.31. The van der Waals surface area contributed by atoms with Gasteiger partial charge in [-0.25, -0.2) is 4.39 Å². The number of rotatable bonds is 5. The minimum atomic E-state index is -1.56. The third-order valence-corrected chi connectivity index (χ3v) is 2.98. The van der Waals surface area contributed by atoms with Gasteiger partial charge in [-0.05, 0) is 31.9 Å². The standard InChI is InChI=1S/C15H18ClFO4/c1-9(2)8-20-13(18)15(3,4)14(19)21-12-10(16)6-5-7-11(12)17/h5-7,9H,8H2,1-4H3. The SMILES string of the molecule is CC(C)COC(=O)C(C)(C)C(=O)Oc1c(F)cccc1Cl. The highest BCUT2D eigenvalue weighted by Crippen LogP contribution is 2.30. The molecule has 0 atom stereocenters. The van der Waals surface area contributed by atoms with E-state index in [1.54, 1.807) is 0 Å². The molecule has 1 aromatic carbocycles. The average Bonchev–Trinajstić information content (AvgIpc) is 2.39. The predicted octanol–water partition coefficient (Wildman–Crippen LogP) is 3.61. The van der Waals surface area contributed by atoms with Crippen molar-refractivity contribution in [3.8, 4) is 5.75 Å². The molecule has 0 unspecified atom stereocenters.